The van der Waals surface area contributed by atoms with Gasteiger partial charge in [0.2, 0.25) is 5.91 Å². The van der Waals surface area contributed by atoms with Gasteiger partial charge < -0.3 is 10.3 Å². The van der Waals surface area contributed by atoms with E-state index >= 15 is 4.39 Å². The van der Waals surface area contributed by atoms with Crippen LogP contribution < -0.4 is 5.32 Å². The van der Waals surface area contributed by atoms with E-state index in [0.29, 0.717) is 51.3 Å². The summed E-state index contributed by atoms with van der Waals surface area (Å²) >= 11 is 1.62. The molecule has 6 aromatic rings. The normalized spacial score (nSPS) is 11.4. The van der Waals surface area contributed by atoms with Gasteiger partial charge in [-0.15, -0.1) is 0 Å². The highest BCUT2D eigenvalue weighted by Gasteiger charge is 2.18. The Kier molecular flexibility index (Phi) is 5.49. The summed E-state index contributed by atoms with van der Waals surface area (Å²) in [6.07, 6.45) is 6.00. The molecule has 0 fully saturated rings. The molecule has 1 aromatic carbocycles. The van der Waals surface area contributed by atoms with Gasteiger partial charge in [0.15, 0.2) is 11.5 Å². The maximum absolute atomic E-state index is 15.1. The highest BCUT2D eigenvalue weighted by molar-refractivity contribution is 7.08. The third-order valence-corrected chi connectivity index (χ3v) is 6.58. The van der Waals surface area contributed by atoms with Crippen LogP contribution in [0.5, 0.6) is 0 Å². The number of imidazole rings is 1. The molecule has 0 aliphatic carbocycles. The summed E-state index contributed by atoms with van der Waals surface area (Å²) in [5, 5.41) is 14.9. The largest absolute Gasteiger partial charge is 0.325 e. The smallest absolute Gasteiger partial charge is 0.224 e. The van der Waals surface area contributed by atoms with Gasteiger partial charge >= 0.3 is 0 Å². The zero-order chi connectivity index (χ0) is 24.6. The van der Waals surface area contributed by atoms with E-state index in [1.807, 2.05) is 24.4 Å². The molecular formula is C26H20FN7OS. The van der Waals surface area contributed by atoms with E-state index in [1.165, 1.54) is 6.07 Å². The van der Waals surface area contributed by atoms with Crippen molar-refractivity contribution < 1.29 is 9.18 Å². The minimum atomic E-state index is -0.428. The quantitative estimate of drug-likeness (QED) is 0.255. The van der Waals surface area contributed by atoms with Crippen LogP contribution in [0.1, 0.15) is 19.8 Å². The molecule has 5 aromatic heterocycles. The van der Waals surface area contributed by atoms with Crippen LogP contribution in [0.2, 0.25) is 0 Å². The number of fused-ring (bicyclic) bond motifs is 2. The molecule has 0 saturated heterocycles. The van der Waals surface area contributed by atoms with Crippen LogP contribution in [-0.2, 0) is 4.79 Å². The fourth-order valence-corrected chi connectivity index (χ4v) is 4.88. The lowest BCUT2D eigenvalue weighted by atomic mass is 10.0. The fourth-order valence-electron chi connectivity index (χ4n) is 4.22. The van der Waals surface area contributed by atoms with Gasteiger partial charge in [-0.1, -0.05) is 6.92 Å². The Balaban J connectivity index is 1.43. The van der Waals surface area contributed by atoms with Crippen LogP contribution >= 0.6 is 11.3 Å². The monoisotopic (exact) mass is 497 g/mol. The van der Waals surface area contributed by atoms with E-state index in [9.17, 15) is 4.79 Å². The standard InChI is InChI=1S/C26H20FN7OS/c1-2-3-22(35)30-16-8-15(11-28-12-16)18-9-19-21(10-20(18)27)33-34-24(19)26-31-23-17(14-5-7-36-13-14)4-6-29-25(23)32-26/h4-13H,2-3H2,1H3,(H,30,35)(H,33,34)(H,29,31,32). The molecule has 36 heavy (non-hydrogen) atoms. The molecule has 0 radical (unpaired) electrons. The van der Waals surface area contributed by atoms with E-state index in [2.05, 4.69) is 35.8 Å². The lowest BCUT2D eigenvalue weighted by Gasteiger charge is -2.08. The molecule has 5 heterocycles. The zero-order valence-corrected chi connectivity index (χ0v) is 20.0. The van der Waals surface area contributed by atoms with Crippen molar-refractivity contribution in [2.45, 2.75) is 19.8 Å². The van der Waals surface area contributed by atoms with E-state index in [1.54, 1.807) is 42.1 Å². The van der Waals surface area contributed by atoms with Crippen LogP contribution in [0.3, 0.4) is 0 Å². The van der Waals surface area contributed by atoms with Gasteiger partial charge in [0.1, 0.15) is 17.0 Å². The van der Waals surface area contributed by atoms with Gasteiger partial charge in [-0.25, -0.2) is 14.4 Å². The summed E-state index contributed by atoms with van der Waals surface area (Å²) in [5.41, 5.74) is 5.93. The van der Waals surface area contributed by atoms with Crippen LogP contribution in [0.4, 0.5) is 10.1 Å². The van der Waals surface area contributed by atoms with Crippen LogP contribution in [0, 0.1) is 5.82 Å². The number of nitrogens with one attached hydrogen (secondary N) is 3. The molecule has 0 spiro atoms. The van der Waals surface area contributed by atoms with Gasteiger partial charge in [0.25, 0.3) is 0 Å². The molecule has 0 saturated carbocycles. The third-order valence-electron chi connectivity index (χ3n) is 5.90. The number of thiophene rings is 1. The van der Waals surface area contributed by atoms with Crippen LogP contribution in [0.15, 0.2) is 59.7 Å². The second-order valence-corrected chi connectivity index (χ2v) is 9.14. The van der Waals surface area contributed by atoms with Crippen molar-refractivity contribution in [2.24, 2.45) is 0 Å². The van der Waals surface area contributed by atoms with E-state index in [0.717, 1.165) is 23.1 Å². The Bertz CT molecular complexity index is 1720. The summed E-state index contributed by atoms with van der Waals surface area (Å²) in [7, 11) is 0. The van der Waals surface area contributed by atoms with Crippen molar-refractivity contribution in [3.05, 3.63) is 65.5 Å². The summed E-state index contributed by atoms with van der Waals surface area (Å²) in [6, 6.07) is 8.81. The Labute approximate surface area is 208 Å². The Hall–Kier alpha value is -4.44. The van der Waals surface area contributed by atoms with Crippen molar-refractivity contribution in [1.82, 2.24) is 30.1 Å². The number of aromatic amines is 2. The molecule has 8 nitrogen and oxygen atoms in total. The number of hydrogen-bond donors (Lipinski definition) is 3. The van der Waals surface area contributed by atoms with Crippen molar-refractivity contribution >= 4 is 45.0 Å². The van der Waals surface area contributed by atoms with Crippen LogP contribution in [0.25, 0.3) is 55.8 Å². The van der Waals surface area contributed by atoms with Gasteiger partial charge in [-0.2, -0.15) is 16.4 Å². The van der Waals surface area contributed by atoms with E-state index < -0.39 is 5.82 Å². The highest BCUT2D eigenvalue weighted by atomic mass is 32.1. The lowest BCUT2D eigenvalue weighted by Crippen LogP contribution is -2.10. The molecule has 178 valence electrons. The van der Waals surface area contributed by atoms with E-state index in [-0.39, 0.29) is 5.91 Å². The van der Waals surface area contributed by atoms with Crippen molar-refractivity contribution in [3.8, 4) is 33.8 Å². The number of H-pyrrole nitrogens is 2. The maximum atomic E-state index is 15.1. The average molecular weight is 498 g/mol. The molecule has 1 amide bonds. The molecule has 0 unspecified atom stereocenters. The number of aromatic nitrogens is 6. The first-order valence-electron chi connectivity index (χ1n) is 11.4. The predicted molar refractivity (Wildman–Crippen MR) is 139 cm³/mol. The number of rotatable bonds is 6. The number of pyridine rings is 2. The predicted octanol–water partition coefficient (Wildman–Crippen LogP) is 6.17. The number of carbonyl (C=O) groups excluding carboxylic acids is 1. The second kappa shape index (κ2) is 8.97. The molecule has 3 N–H and O–H groups in total. The summed E-state index contributed by atoms with van der Waals surface area (Å²) < 4.78 is 15.1. The van der Waals surface area contributed by atoms with E-state index in [4.69, 9.17) is 4.98 Å². The fraction of sp³-hybridized carbons (Fsp3) is 0.115. The number of hydrogen-bond acceptors (Lipinski definition) is 6. The van der Waals surface area contributed by atoms with Crippen molar-refractivity contribution in [1.29, 1.82) is 0 Å². The number of nitrogens with zero attached hydrogens (tertiary/aromatic N) is 4. The molecule has 6 rings (SSSR count). The minimum Gasteiger partial charge on any atom is -0.325 e. The molecule has 0 aliphatic rings. The second-order valence-electron chi connectivity index (χ2n) is 8.36. The molecular weight excluding hydrogens is 477 g/mol. The van der Waals surface area contributed by atoms with Crippen LogP contribution in [-0.4, -0.2) is 36.0 Å². The first-order chi connectivity index (χ1) is 17.6. The lowest BCUT2D eigenvalue weighted by molar-refractivity contribution is -0.116. The average Bonchev–Trinajstić information content (AvgIpc) is 3.62. The van der Waals surface area contributed by atoms with Gasteiger partial charge in [0.05, 0.1) is 17.4 Å². The zero-order valence-electron chi connectivity index (χ0n) is 19.2. The Morgan fingerprint density at radius 2 is 2.06 bits per heavy atom. The number of benzene rings is 1. The molecule has 0 aliphatic heterocycles. The van der Waals surface area contributed by atoms with Gasteiger partial charge in [-0.05, 0) is 47.0 Å². The molecule has 0 bridgehead atoms. The summed E-state index contributed by atoms with van der Waals surface area (Å²) in [4.78, 5) is 28.7. The SMILES string of the molecule is CCCC(=O)Nc1cncc(-c2cc3c(-c4nc5c(-c6ccsc6)ccnc5[nH]4)n[nH]c3cc2F)c1. The van der Waals surface area contributed by atoms with Crippen molar-refractivity contribution in [3.63, 3.8) is 0 Å². The summed E-state index contributed by atoms with van der Waals surface area (Å²) in [5.74, 6) is -0.00458. The first-order valence-corrected chi connectivity index (χ1v) is 12.4. The Morgan fingerprint density at radius 3 is 2.89 bits per heavy atom. The molecule has 10 heteroatoms. The first kappa shape index (κ1) is 22.1. The summed E-state index contributed by atoms with van der Waals surface area (Å²) in [6.45, 7) is 1.93. The maximum Gasteiger partial charge on any atom is 0.224 e. The topological polar surface area (TPSA) is 112 Å². The van der Waals surface area contributed by atoms with Gasteiger partial charge in [-0.3, -0.25) is 14.9 Å². The highest BCUT2D eigenvalue weighted by Crippen LogP contribution is 2.34. The Morgan fingerprint density at radius 1 is 1.14 bits per heavy atom. The third kappa shape index (κ3) is 3.91. The molecule has 0 atom stereocenters. The number of carbonyl (C=O) groups is 1. The number of amides is 1. The number of halogens is 1. The minimum absolute atomic E-state index is 0.107. The van der Waals surface area contributed by atoms with Crippen molar-refractivity contribution in [2.75, 3.05) is 5.32 Å². The number of anilines is 1. The van der Waals surface area contributed by atoms with Gasteiger partial charge in [0, 0.05) is 47.0 Å².